The van der Waals surface area contributed by atoms with Crippen molar-refractivity contribution < 1.29 is 4.79 Å². The molecule has 2 rings (SSSR count). The number of carbonyl (C=O) groups is 1. The van der Waals surface area contributed by atoms with Crippen LogP contribution < -0.4 is 10.6 Å². The van der Waals surface area contributed by atoms with Crippen molar-refractivity contribution in [1.29, 1.82) is 0 Å². The lowest BCUT2D eigenvalue weighted by molar-refractivity contribution is -0.117. The Morgan fingerprint density at radius 1 is 1.38 bits per heavy atom. The van der Waals surface area contributed by atoms with Crippen molar-refractivity contribution in [2.45, 2.75) is 18.9 Å². The van der Waals surface area contributed by atoms with Crippen LogP contribution in [-0.2, 0) is 4.79 Å². The monoisotopic (exact) mass is 351 g/mol. The van der Waals surface area contributed by atoms with Crippen LogP contribution in [0, 0.1) is 0 Å². The average molecular weight is 353 g/mol. The van der Waals surface area contributed by atoms with E-state index in [0.717, 1.165) is 25.9 Å². The molecule has 0 aliphatic carbocycles. The molecule has 1 aromatic rings. The molecule has 0 spiro atoms. The fourth-order valence-corrected chi connectivity index (χ4v) is 3.04. The molecule has 1 heterocycles. The fourth-order valence-electron chi connectivity index (χ4n) is 2.55. The number of halogens is 3. The molecule has 1 fully saturated rings. The SMILES string of the molecule is CNCC1CCCN1CC(=O)Nc1c(Cl)cccc1Cl.Cl. The Bertz CT molecular complexity index is 464. The maximum Gasteiger partial charge on any atom is 0.238 e. The van der Waals surface area contributed by atoms with Gasteiger partial charge in [0.05, 0.1) is 22.3 Å². The van der Waals surface area contributed by atoms with E-state index in [-0.39, 0.29) is 18.3 Å². The number of rotatable bonds is 5. The van der Waals surface area contributed by atoms with Crippen molar-refractivity contribution in [3.05, 3.63) is 28.2 Å². The first-order chi connectivity index (χ1) is 9.61. The summed E-state index contributed by atoms with van der Waals surface area (Å²) >= 11 is 12.1. The van der Waals surface area contributed by atoms with Crippen LogP contribution in [0.1, 0.15) is 12.8 Å². The zero-order valence-electron chi connectivity index (χ0n) is 11.9. The van der Waals surface area contributed by atoms with E-state index in [4.69, 9.17) is 23.2 Å². The zero-order chi connectivity index (χ0) is 14.5. The minimum absolute atomic E-state index is 0. The third-order valence-electron chi connectivity index (χ3n) is 3.51. The third kappa shape index (κ3) is 5.01. The van der Waals surface area contributed by atoms with Gasteiger partial charge >= 0.3 is 0 Å². The van der Waals surface area contributed by atoms with Gasteiger partial charge in [-0.1, -0.05) is 29.3 Å². The average Bonchev–Trinajstić information content (AvgIpc) is 2.82. The van der Waals surface area contributed by atoms with Gasteiger partial charge < -0.3 is 10.6 Å². The number of benzene rings is 1. The van der Waals surface area contributed by atoms with Crippen molar-refractivity contribution in [1.82, 2.24) is 10.2 Å². The molecule has 4 nitrogen and oxygen atoms in total. The summed E-state index contributed by atoms with van der Waals surface area (Å²) in [4.78, 5) is 14.3. The summed E-state index contributed by atoms with van der Waals surface area (Å²) in [5, 5.41) is 6.88. The molecule has 118 valence electrons. The summed E-state index contributed by atoms with van der Waals surface area (Å²) in [6, 6.07) is 5.60. The fraction of sp³-hybridized carbons (Fsp3) is 0.500. The van der Waals surface area contributed by atoms with Crippen LogP contribution in [0.15, 0.2) is 18.2 Å². The summed E-state index contributed by atoms with van der Waals surface area (Å²) in [6.07, 6.45) is 2.26. The molecule has 7 heteroatoms. The maximum atomic E-state index is 12.1. The quantitative estimate of drug-likeness (QED) is 0.856. The Morgan fingerprint density at radius 3 is 2.67 bits per heavy atom. The van der Waals surface area contributed by atoms with Crippen molar-refractivity contribution in [2.24, 2.45) is 0 Å². The Kier molecular flexibility index (Phi) is 7.77. The summed E-state index contributed by atoms with van der Waals surface area (Å²) in [6.45, 7) is 2.23. The molecule has 1 aromatic carbocycles. The number of para-hydroxylation sites is 1. The highest BCUT2D eigenvalue weighted by Crippen LogP contribution is 2.29. The number of nitrogens with one attached hydrogen (secondary N) is 2. The van der Waals surface area contributed by atoms with Gasteiger partial charge in [0.2, 0.25) is 5.91 Å². The highest BCUT2D eigenvalue weighted by Gasteiger charge is 2.25. The lowest BCUT2D eigenvalue weighted by Gasteiger charge is -2.23. The first-order valence-electron chi connectivity index (χ1n) is 6.74. The highest BCUT2D eigenvalue weighted by atomic mass is 35.5. The number of likely N-dealkylation sites (tertiary alicyclic amines) is 1. The second kappa shape index (κ2) is 8.81. The first kappa shape index (κ1) is 18.5. The molecule has 1 amide bonds. The second-order valence-electron chi connectivity index (χ2n) is 4.97. The van der Waals surface area contributed by atoms with E-state index in [1.54, 1.807) is 18.2 Å². The number of nitrogens with zero attached hydrogens (tertiary/aromatic N) is 1. The summed E-state index contributed by atoms with van der Waals surface area (Å²) in [5.74, 6) is -0.0806. The van der Waals surface area contributed by atoms with Crippen LogP contribution in [0.5, 0.6) is 0 Å². The van der Waals surface area contributed by atoms with Crippen molar-refractivity contribution >= 4 is 47.2 Å². The molecule has 21 heavy (non-hydrogen) atoms. The summed E-state index contributed by atoms with van der Waals surface area (Å²) in [7, 11) is 1.93. The lowest BCUT2D eigenvalue weighted by atomic mass is 10.2. The minimum atomic E-state index is -0.0806. The van der Waals surface area contributed by atoms with Crippen LogP contribution in [0.25, 0.3) is 0 Å². The molecular formula is C14H20Cl3N3O. The standard InChI is InChI=1S/C14H19Cl2N3O.ClH/c1-17-8-10-4-3-7-19(10)9-13(20)18-14-11(15)5-2-6-12(14)16;/h2,5-6,10,17H,3-4,7-9H2,1H3,(H,18,20);1H. The Morgan fingerprint density at radius 2 is 2.05 bits per heavy atom. The maximum absolute atomic E-state index is 12.1. The molecule has 1 unspecified atom stereocenters. The number of anilines is 1. The van der Waals surface area contributed by atoms with Gasteiger partial charge in [-0.05, 0) is 38.6 Å². The Balaban J connectivity index is 0.00000220. The zero-order valence-corrected chi connectivity index (χ0v) is 14.2. The van der Waals surface area contributed by atoms with Crippen LogP contribution >= 0.6 is 35.6 Å². The summed E-state index contributed by atoms with van der Waals surface area (Å²) < 4.78 is 0. The van der Waals surface area contributed by atoms with Crippen LogP contribution in [-0.4, -0.2) is 43.5 Å². The number of amides is 1. The van der Waals surface area contributed by atoms with Gasteiger partial charge in [0.25, 0.3) is 0 Å². The predicted octanol–water partition coefficient (Wildman–Crippen LogP) is 3.04. The molecule has 1 atom stereocenters. The van der Waals surface area contributed by atoms with Gasteiger partial charge in [0.15, 0.2) is 0 Å². The largest absolute Gasteiger partial charge is 0.322 e. The molecule has 2 N–H and O–H groups in total. The van der Waals surface area contributed by atoms with Gasteiger partial charge in [-0.3, -0.25) is 9.69 Å². The van der Waals surface area contributed by atoms with Crippen LogP contribution in [0.2, 0.25) is 10.0 Å². The Labute approximate surface area is 141 Å². The van der Waals surface area contributed by atoms with Gasteiger partial charge in [-0.25, -0.2) is 0 Å². The number of hydrogen-bond acceptors (Lipinski definition) is 3. The second-order valence-corrected chi connectivity index (χ2v) is 5.78. The van der Waals surface area contributed by atoms with Crippen molar-refractivity contribution in [2.75, 3.05) is 32.0 Å². The summed E-state index contributed by atoms with van der Waals surface area (Å²) in [5.41, 5.74) is 0.491. The van der Waals surface area contributed by atoms with Crippen LogP contribution in [0.3, 0.4) is 0 Å². The van der Waals surface area contributed by atoms with Crippen molar-refractivity contribution in [3.63, 3.8) is 0 Å². The van der Waals surface area contributed by atoms with Crippen molar-refractivity contribution in [3.8, 4) is 0 Å². The van der Waals surface area contributed by atoms with E-state index in [1.165, 1.54) is 0 Å². The minimum Gasteiger partial charge on any atom is -0.322 e. The molecule has 0 aromatic heterocycles. The molecule has 1 aliphatic rings. The van der Waals surface area contributed by atoms with Crippen LogP contribution in [0.4, 0.5) is 5.69 Å². The van der Waals surface area contributed by atoms with Gasteiger partial charge in [-0.15, -0.1) is 12.4 Å². The number of carbonyl (C=O) groups excluding carboxylic acids is 1. The number of hydrogen-bond donors (Lipinski definition) is 2. The highest BCUT2D eigenvalue weighted by molar-refractivity contribution is 6.39. The van der Waals surface area contributed by atoms with E-state index in [9.17, 15) is 4.79 Å². The normalized spacial score (nSPS) is 18.3. The van der Waals surface area contributed by atoms with Gasteiger partial charge in [-0.2, -0.15) is 0 Å². The molecule has 0 saturated carbocycles. The first-order valence-corrected chi connectivity index (χ1v) is 7.50. The molecule has 0 bridgehead atoms. The van der Waals surface area contributed by atoms with E-state index >= 15 is 0 Å². The topological polar surface area (TPSA) is 44.4 Å². The van der Waals surface area contributed by atoms with Gasteiger partial charge in [0.1, 0.15) is 0 Å². The van der Waals surface area contributed by atoms with E-state index in [2.05, 4.69) is 15.5 Å². The molecular weight excluding hydrogens is 333 g/mol. The molecule has 1 saturated heterocycles. The smallest absolute Gasteiger partial charge is 0.238 e. The van der Waals surface area contributed by atoms with E-state index in [1.807, 2.05) is 7.05 Å². The third-order valence-corrected chi connectivity index (χ3v) is 4.14. The number of likely N-dealkylation sites (N-methyl/N-ethyl adjacent to an activating group) is 1. The van der Waals surface area contributed by atoms with E-state index in [0.29, 0.717) is 28.3 Å². The Hall–Kier alpha value is -0.520. The van der Waals surface area contributed by atoms with Gasteiger partial charge in [0, 0.05) is 12.6 Å². The molecule has 1 aliphatic heterocycles. The van der Waals surface area contributed by atoms with E-state index < -0.39 is 0 Å². The predicted molar refractivity (Wildman–Crippen MR) is 90.9 cm³/mol. The lowest BCUT2D eigenvalue weighted by Crippen LogP contribution is -2.41. The molecule has 0 radical (unpaired) electrons.